The molecule has 4 heteroatoms. The molecule has 1 aromatic rings. The molecule has 88 valence electrons. The zero-order valence-corrected chi connectivity index (χ0v) is 9.56. The van der Waals surface area contributed by atoms with Crippen molar-refractivity contribution in [1.82, 2.24) is 4.98 Å². The van der Waals surface area contributed by atoms with Gasteiger partial charge in [0.1, 0.15) is 11.6 Å². The molecule has 0 spiro atoms. The Morgan fingerprint density at radius 3 is 3.00 bits per heavy atom. The number of hydrogen-bond acceptors (Lipinski definition) is 3. The topological polar surface area (TPSA) is 42.1 Å². The van der Waals surface area contributed by atoms with Gasteiger partial charge in [-0.25, -0.2) is 9.37 Å². The quantitative estimate of drug-likeness (QED) is 0.831. The first-order chi connectivity index (χ1) is 7.66. The number of pyridine rings is 1. The third-order valence-corrected chi connectivity index (χ3v) is 3.24. The van der Waals surface area contributed by atoms with E-state index in [1.807, 2.05) is 6.92 Å². The predicted octanol–water partition coefficient (Wildman–Crippen LogP) is 1.78. The van der Waals surface area contributed by atoms with Crippen LogP contribution >= 0.6 is 0 Å². The van der Waals surface area contributed by atoms with Crippen LogP contribution in [-0.2, 0) is 0 Å². The maximum absolute atomic E-state index is 12.8. The van der Waals surface area contributed by atoms with Crippen molar-refractivity contribution >= 4 is 5.82 Å². The Balaban J connectivity index is 2.06. The van der Waals surface area contributed by atoms with Crippen molar-refractivity contribution < 1.29 is 4.39 Å². The van der Waals surface area contributed by atoms with E-state index in [-0.39, 0.29) is 11.9 Å². The number of nitrogens with zero attached hydrogens (tertiary/aromatic N) is 2. The molecule has 0 amide bonds. The van der Waals surface area contributed by atoms with Gasteiger partial charge in [0.15, 0.2) is 0 Å². The van der Waals surface area contributed by atoms with Gasteiger partial charge >= 0.3 is 0 Å². The van der Waals surface area contributed by atoms with Gasteiger partial charge in [-0.2, -0.15) is 0 Å². The van der Waals surface area contributed by atoms with Crippen LogP contribution in [0.15, 0.2) is 18.3 Å². The van der Waals surface area contributed by atoms with Crippen LogP contribution in [0.3, 0.4) is 0 Å². The second-order valence-electron chi connectivity index (χ2n) is 4.54. The number of aromatic nitrogens is 1. The molecule has 1 saturated heterocycles. The molecule has 0 saturated carbocycles. The highest BCUT2D eigenvalue weighted by Crippen LogP contribution is 2.22. The Labute approximate surface area is 95.5 Å². The first-order valence-electron chi connectivity index (χ1n) is 5.79. The zero-order chi connectivity index (χ0) is 11.5. The van der Waals surface area contributed by atoms with Crippen LogP contribution in [0.2, 0.25) is 0 Å². The number of hydrogen-bond donors (Lipinski definition) is 1. The summed E-state index contributed by atoms with van der Waals surface area (Å²) in [5.41, 5.74) is 5.92. The second kappa shape index (κ2) is 4.78. The van der Waals surface area contributed by atoms with E-state index in [4.69, 9.17) is 5.73 Å². The van der Waals surface area contributed by atoms with E-state index < -0.39 is 0 Å². The van der Waals surface area contributed by atoms with Crippen molar-refractivity contribution in [2.24, 2.45) is 11.7 Å². The van der Waals surface area contributed by atoms with Gasteiger partial charge in [0, 0.05) is 19.1 Å². The number of halogens is 1. The van der Waals surface area contributed by atoms with Crippen molar-refractivity contribution in [3.8, 4) is 0 Å². The zero-order valence-electron chi connectivity index (χ0n) is 9.56. The summed E-state index contributed by atoms with van der Waals surface area (Å²) in [5.74, 6) is 1.08. The monoisotopic (exact) mass is 223 g/mol. The summed E-state index contributed by atoms with van der Waals surface area (Å²) in [6.45, 7) is 3.96. The molecule has 2 N–H and O–H groups in total. The van der Waals surface area contributed by atoms with Crippen molar-refractivity contribution in [2.45, 2.75) is 25.8 Å². The molecular weight excluding hydrogens is 205 g/mol. The van der Waals surface area contributed by atoms with Crippen LogP contribution < -0.4 is 10.6 Å². The van der Waals surface area contributed by atoms with E-state index in [2.05, 4.69) is 9.88 Å². The van der Waals surface area contributed by atoms with Crippen LogP contribution in [0, 0.1) is 11.7 Å². The standard InChI is InChI=1S/C12H18FN3/c1-9(14)10-3-2-6-16(8-10)12-5-4-11(13)7-15-12/h4-5,7,9-10H,2-3,6,8,14H2,1H3. The van der Waals surface area contributed by atoms with Crippen molar-refractivity contribution in [3.05, 3.63) is 24.1 Å². The SMILES string of the molecule is CC(N)C1CCCN(c2ccc(F)cn2)C1. The molecule has 2 heterocycles. The average Bonchev–Trinajstić information content (AvgIpc) is 2.30. The predicted molar refractivity (Wildman–Crippen MR) is 62.8 cm³/mol. The third-order valence-electron chi connectivity index (χ3n) is 3.24. The van der Waals surface area contributed by atoms with E-state index in [0.717, 1.165) is 25.3 Å². The Bertz CT molecular complexity index is 337. The Kier molecular flexibility index (Phi) is 3.39. The summed E-state index contributed by atoms with van der Waals surface area (Å²) in [6.07, 6.45) is 3.57. The van der Waals surface area contributed by atoms with Gasteiger partial charge in [-0.1, -0.05) is 0 Å². The molecule has 16 heavy (non-hydrogen) atoms. The van der Waals surface area contributed by atoms with Crippen molar-refractivity contribution in [1.29, 1.82) is 0 Å². The normalized spacial score (nSPS) is 23.2. The minimum absolute atomic E-state index is 0.211. The summed E-state index contributed by atoms with van der Waals surface area (Å²) in [6, 6.07) is 3.40. The van der Waals surface area contributed by atoms with E-state index in [1.54, 1.807) is 6.07 Å². The average molecular weight is 223 g/mol. The summed E-state index contributed by atoms with van der Waals surface area (Å²) in [5, 5.41) is 0. The molecule has 2 rings (SSSR count). The molecule has 1 fully saturated rings. The Hall–Kier alpha value is -1.16. The lowest BCUT2D eigenvalue weighted by molar-refractivity contribution is 0.363. The molecule has 2 atom stereocenters. The fourth-order valence-corrected chi connectivity index (χ4v) is 2.20. The van der Waals surface area contributed by atoms with Gasteiger partial charge in [-0.05, 0) is 37.8 Å². The van der Waals surface area contributed by atoms with Crippen molar-refractivity contribution in [3.63, 3.8) is 0 Å². The van der Waals surface area contributed by atoms with Crippen molar-refractivity contribution in [2.75, 3.05) is 18.0 Å². The van der Waals surface area contributed by atoms with Crippen LogP contribution in [0.25, 0.3) is 0 Å². The van der Waals surface area contributed by atoms with Gasteiger partial charge in [-0.15, -0.1) is 0 Å². The maximum atomic E-state index is 12.8. The first-order valence-corrected chi connectivity index (χ1v) is 5.79. The highest BCUT2D eigenvalue weighted by molar-refractivity contribution is 5.38. The summed E-state index contributed by atoms with van der Waals surface area (Å²) < 4.78 is 12.8. The number of piperidine rings is 1. The lowest BCUT2D eigenvalue weighted by atomic mass is 9.92. The largest absolute Gasteiger partial charge is 0.356 e. The fourth-order valence-electron chi connectivity index (χ4n) is 2.20. The summed E-state index contributed by atoms with van der Waals surface area (Å²) in [7, 11) is 0. The molecule has 3 nitrogen and oxygen atoms in total. The van der Waals surface area contributed by atoms with Gasteiger partial charge in [0.05, 0.1) is 6.20 Å². The number of rotatable bonds is 2. The molecule has 1 aliphatic rings. The first kappa shape index (κ1) is 11.3. The number of nitrogens with two attached hydrogens (primary N) is 1. The van der Waals surface area contributed by atoms with Gasteiger partial charge < -0.3 is 10.6 Å². The highest BCUT2D eigenvalue weighted by atomic mass is 19.1. The van der Waals surface area contributed by atoms with Crippen LogP contribution in [-0.4, -0.2) is 24.1 Å². The maximum Gasteiger partial charge on any atom is 0.141 e. The van der Waals surface area contributed by atoms with E-state index >= 15 is 0 Å². The second-order valence-corrected chi connectivity index (χ2v) is 4.54. The molecular formula is C12H18FN3. The minimum Gasteiger partial charge on any atom is -0.356 e. The van der Waals surface area contributed by atoms with Gasteiger partial charge in [0.2, 0.25) is 0 Å². The molecule has 2 unspecified atom stereocenters. The molecule has 1 aromatic heterocycles. The van der Waals surface area contributed by atoms with Crippen LogP contribution in [0.4, 0.5) is 10.2 Å². The van der Waals surface area contributed by atoms with Crippen LogP contribution in [0.1, 0.15) is 19.8 Å². The van der Waals surface area contributed by atoms with E-state index in [9.17, 15) is 4.39 Å². The van der Waals surface area contributed by atoms with E-state index in [1.165, 1.54) is 18.7 Å². The Morgan fingerprint density at radius 1 is 1.56 bits per heavy atom. The molecule has 0 bridgehead atoms. The van der Waals surface area contributed by atoms with Crippen LogP contribution in [0.5, 0.6) is 0 Å². The lowest BCUT2D eigenvalue weighted by Gasteiger charge is -2.35. The molecule has 0 aliphatic carbocycles. The third kappa shape index (κ3) is 2.50. The fraction of sp³-hybridized carbons (Fsp3) is 0.583. The molecule has 1 aliphatic heterocycles. The lowest BCUT2D eigenvalue weighted by Crippen LogP contribution is -2.42. The van der Waals surface area contributed by atoms with Gasteiger partial charge in [0.25, 0.3) is 0 Å². The summed E-state index contributed by atoms with van der Waals surface area (Å²) >= 11 is 0. The Morgan fingerprint density at radius 2 is 2.38 bits per heavy atom. The summed E-state index contributed by atoms with van der Waals surface area (Å²) in [4.78, 5) is 6.30. The number of anilines is 1. The molecule has 0 radical (unpaired) electrons. The minimum atomic E-state index is -0.287. The van der Waals surface area contributed by atoms with E-state index in [0.29, 0.717) is 5.92 Å². The van der Waals surface area contributed by atoms with Gasteiger partial charge in [-0.3, -0.25) is 0 Å². The molecule has 0 aromatic carbocycles. The highest BCUT2D eigenvalue weighted by Gasteiger charge is 2.23. The smallest absolute Gasteiger partial charge is 0.141 e.